The molecule has 0 radical (unpaired) electrons. The largest absolute Gasteiger partial charge is 0.530 e. The lowest BCUT2D eigenvalue weighted by molar-refractivity contribution is -0.205. The molecule has 178 valence electrons. The van der Waals surface area contributed by atoms with Crippen LogP contribution in [0.4, 0.5) is 4.39 Å². The van der Waals surface area contributed by atoms with E-state index in [1.807, 2.05) is 0 Å². The Kier molecular flexibility index (Phi) is 5.58. The van der Waals surface area contributed by atoms with Gasteiger partial charge >= 0.3 is 7.82 Å². The average molecular weight is 506 g/mol. The number of carbonyl (C=O) groups is 1. The van der Waals surface area contributed by atoms with Crippen molar-refractivity contribution in [2.75, 3.05) is 13.7 Å². The second-order valence-electron chi connectivity index (χ2n) is 6.91. The van der Waals surface area contributed by atoms with Gasteiger partial charge in [0.2, 0.25) is 0 Å². The van der Waals surface area contributed by atoms with E-state index in [0.29, 0.717) is 5.56 Å². The third-order valence-electron chi connectivity index (χ3n) is 4.84. The molecule has 4 rings (SSSR count). The average Bonchev–Trinajstić information content (AvgIpc) is 3.03. The summed E-state index contributed by atoms with van der Waals surface area (Å²) in [7, 11) is -3.55. The second kappa shape index (κ2) is 8.72. The Morgan fingerprint density at radius 3 is 2.97 bits per heavy atom. The Bertz CT molecular complexity index is 1320. The maximum atomic E-state index is 15.9. The van der Waals surface area contributed by atoms with E-state index in [1.165, 1.54) is 13.2 Å². The summed E-state index contributed by atoms with van der Waals surface area (Å²) in [6.07, 6.45) is -5.73. The van der Waals surface area contributed by atoms with Crippen LogP contribution in [0.5, 0.6) is 11.5 Å². The lowest BCUT2D eigenvalue weighted by atomic mass is 10.1. The first-order valence-electron chi connectivity index (χ1n) is 10.2. The molecule has 1 aromatic heterocycles. The second-order valence-corrected chi connectivity index (χ2v) is 8.82. The molecule has 0 amide bonds. The number of halogens is 1. The van der Waals surface area contributed by atoms with E-state index >= 15 is 4.39 Å². The maximum Gasteiger partial charge on any atom is 0.530 e. The van der Waals surface area contributed by atoms with Crippen molar-refractivity contribution in [2.45, 2.75) is 30.9 Å². The number of H-pyrrole nitrogens is 1. The molecule has 15 heteroatoms. The number of aromatic nitrogens is 2. The normalized spacial score (nSPS) is 32.3. The van der Waals surface area contributed by atoms with Gasteiger partial charge in [-0.25, -0.2) is 8.96 Å². The third-order valence-corrected chi connectivity index (χ3v) is 6.32. The first-order chi connectivity index (χ1) is 16.4. The number of ether oxygens (including phenoxy) is 2. The van der Waals surface area contributed by atoms with E-state index < -0.39 is 54.6 Å². The zero-order valence-corrected chi connectivity index (χ0v) is 18.4. The molecule has 1 fully saturated rings. The van der Waals surface area contributed by atoms with Crippen LogP contribution in [0.1, 0.15) is 24.9 Å². The van der Waals surface area contributed by atoms with E-state index in [9.17, 15) is 24.4 Å². The molecule has 2 aliphatic rings. The SMILES string of the molecule is [2H]C([2H])(OP1(=O)OCc2cccc(OC)c2O1)[C@@]1(F)O[C@@H](n2cc(C=O)c(=O)[nH]c2=S)[C@H](O)[C@@H]1O. The molecule has 5 atom stereocenters. The van der Waals surface area contributed by atoms with E-state index in [0.717, 1.165) is 10.8 Å². The Labute approximate surface area is 192 Å². The molecule has 1 aromatic carbocycles. The van der Waals surface area contributed by atoms with Gasteiger partial charge in [0.15, 0.2) is 28.8 Å². The van der Waals surface area contributed by atoms with Crippen LogP contribution in [-0.2, 0) is 25.0 Å². The number of aliphatic hydroxyl groups excluding tert-OH is 2. The minimum absolute atomic E-state index is 0.0833. The summed E-state index contributed by atoms with van der Waals surface area (Å²) in [4.78, 5) is 24.9. The molecule has 0 aliphatic carbocycles. The molecule has 12 nitrogen and oxygen atoms in total. The molecule has 0 bridgehead atoms. The van der Waals surface area contributed by atoms with Gasteiger partial charge in [-0.1, -0.05) is 12.1 Å². The van der Waals surface area contributed by atoms with E-state index in [4.69, 9.17) is 38.0 Å². The van der Waals surface area contributed by atoms with Crippen molar-refractivity contribution in [3.63, 3.8) is 0 Å². The van der Waals surface area contributed by atoms with Gasteiger partial charge in [0.05, 0.1) is 22.0 Å². The molecule has 33 heavy (non-hydrogen) atoms. The van der Waals surface area contributed by atoms with Gasteiger partial charge in [-0.15, -0.1) is 0 Å². The molecule has 1 unspecified atom stereocenters. The number of methoxy groups -OCH3 is 1. The number of aromatic amines is 1. The lowest BCUT2D eigenvalue weighted by Gasteiger charge is -2.29. The fourth-order valence-electron chi connectivity index (χ4n) is 3.16. The number of phosphoric ester groups is 1. The van der Waals surface area contributed by atoms with Gasteiger partial charge in [0.1, 0.15) is 18.8 Å². The van der Waals surface area contributed by atoms with Crippen LogP contribution in [0, 0.1) is 4.77 Å². The molecular formula is C18H18FN2O10PS. The standard InChI is InChI=1S/C18H18FN2O10PS/c1-27-11-4-2-3-9-7-28-32(26,31-13(9)11)29-8-18(19)14(24)12(23)16(30-18)21-5-10(6-22)15(25)20-17(21)33/h2-6,12,14,16,23-24H,7-8H2,1H3,(H,20,25,33)/t12-,14+,16-,18-,32?/m1/s1/i8D2. The van der Waals surface area contributed by atoms with Crippen LogP contribution < -0.4 is 14.8 Å². The zero-order chi connectivity index (χ0) is 25.8. The number of hydrogen-bond acceptors (Lipinski definition) is 11. The number of aldehydes is 1. The van der Waals surface area contributed by atoms with Crippen molar-refractivity contribution in [3.8, 4) is 11.5 Å². The predicted octanol–water partition coefficient (Wildman–Crippen LogP) is 1.38. The molecule has 0 spiro atoms. The number of alkyl halides is 1. The van der Waals surface area contributed by atoms with Crippen LogP contribution >= 0.6 is 20.0 Å². The molecule has 2 aromatic rings. The molecule has 3 heterocycles. The number of phosphoric acid groups is 1. The molecular weight excluding hydrogens is 486 g/mol. The number of nitrogens with zero attached hydrogens (tertiary/aromatic N) is 1. The van der Waals surface area contributed by atoms with Crippen molar-refractivity contribution >= 4 is 26.3 Å². The van der Waals surface area contributed by atoms with E-state index in [2.05, 4.69) is 4.98 Å². The molecule has 2 aliphatic heterocycles. The summed E-state index contributed by atoms with van der Waals surface area (Å²) >= 11 is 4.93. The van der Waals surface area contributed by atoms with Gasteiger partial charge in [-0.2, -0.15) is 0 Å². The lowest BCUT2D eigenvalue weighted by Crippen LogP contribution is -2.43. The number of para-hydroxylation sites is 1. The number of benzene rings is 1. The van der Waals surface area contributed by atoms with Crippen LogP contribution in [-0.4, -0.2) is 57.8 Å². The zero-order valence-electron chi connectivity index (χ0n) is 18.7. The number of carbonyl (C=O) groups excluding carboxylic acids is 1. The van der Waals surface area contributed by atoms with Crippen molar-refractivity contribution in [1.82, 2.24) is 9.55 Å². The number of rotatable bonds is 6. The molecule has 1 saturated heterocycles. The predicted molar refractivity (Wildman–Crippen MR) is 109 cm³/mol. The monoisotopic (exact) mass is 506 g/mol. The van der Waals surface area contributed by atoms with Gasteiger partial charge in [-0.05, 0) is 18.3 Å². The summed E-state index contributed by atoms with van der Waals surface area (Å²) in [5.74, 6) is -3.81. The summed E-state index contributed by atoms with van der Waals surface area (Å²) in [5, 5.41) is 20.8. The number of fused-ring (bicyclic) bond motifs is 1. The van der Waals surface area contributed by atoms with Gasteiger partial charge < -0.3 is 24.2 Å². The highest BCUT2D eigenvalue weighted by molar-refractivity contribution is 7.71. The Hall–Kier alpha value is -2.45. The topological polar surface area (TPSA) is 159 Å². The van der Waals surface area contributed by atoms with Gasteiger partial charge in [0.25, 0.3) is 11.4 Å². The highest BCUT2D eigenvalue weighted by Gasteiger charge is 2.57. The van der Waals surface area contributed by atoms with Crippen LogP contribution in [0.15, 0.2) is 29.2 Å². The van der Waals surface area contributed by atoms with Crippen molar-refractivity contribution in [3.05, 3.63) is 50.6 Å². The Morgan fingerprint density at radius 2 is 2.27 bits per heavy atom. The molecule has 0 saturated carbocycles. The van der Waals surface area contributed by atoms with Gasteiger partial charge in [0, 0.05) is 11.8 Å². The first-order valence-corrected chi connectivity index (χ1v) is 11.1. The summed E-state index contributed by atoms with van der Waals surface area (Å²) < 4.78 is 70.4. The van der Waals surface area contributed by atoms with Crippen molar-refractivity contribution in [2.24, 2.45) is 0 Å². The van der Waals surface area contributed by atoms with Crippen molar-refractivity contribution < 1.29 is 49.7 Å². The maximum absolute atomic E-state index is 15.9. The third kappa shape index (κ3) is 4.26. The summed E-state index contributed by atoms with van der Waals surface area (Å²) in [6, 6.07) is 4.62. The smallest absolute Gasteiger partial charge is 0.493 e. The van der Waals surface area contributed by atoms with E-state index in [-0.39, 0.29) is 24.4 Å². The van der Waals surface area contributed by atoms with Crippen LogP contribution in [0.25, 0.3) is 0 Å². The highest BCUT2D eigenvalue weighted by atomic mass is 32.1. The molecule has 3 N–H and O–H groups in total. The highest BCUT2D eigenvalue weighted by Crippen LogP contribution is 2.57. The number of hydrogen-bond donors (Lipinski definition) is 3. The number of aliphatic hydroxyl groups is 2. The van der Waals surface area contributed by atoms with Gasteiger partial charge in [-0.3, -0.25) is 28.2 Å². The number of nitrogens with one attached hydrogen (secondary N) is 1. The van der Waals surface area contributed by atoms with Crippen molar-refractivity contribution in [1.29, 1.82) is 0 Å². The summed E-state index contributed by atoms with van der Waals surface area (Å²) in [6.45, 7) is -4.11. The quantitative estimate of drug-likeness (QED) is 0.295. The van der Waals surface area contributed by atoms with Crippen LogP contribution in [0.3, 0.4) is 0 Å². The minimum atomic E-state index is -4.86. The Balaban J connectivity index is 1.65. The van der Waals surface area contributed by atoms with E-state index in [1.54, 1.807) is 12.1 Å². The fourth-order valence-corrected chi connectivity index (χ4v) is 4.52. The van der Waals surface area contributed by atoms with Crippen LogP contribution in [0.2, 0.25) is 0 Å². The Morgan fingerprint density at radius 1 is 1.52 bits per heavy atom. The minimum Gasteiger partial charge on any atom is -0.493 e. The summed E-state index contributed by atoms with van der Waals surface area (Å²) in [5.41, 5.74) is -0.957. The fraction of sp³-hybridized carbons (Fsp3) is 0.389. The first kappa shape index (κ1) is 21.1.